The topological polar surface area (TPSA) is 96.5 Å². The third kappa shape index (κ3) is 10.3. The van der Waals surface area contributed by atoms with Crippen LogP contribution in [0.3, 0.4) is 0 Å². The standard InChI is InChI=1S/C27H38FN3O4S2/c1-17-8-9-20(12-18(17)2)13-21(16-35-25(32)27(4,5)6)15-29-26(36)30-19(3)22-10-11-24(23(28)14-22)31-37(7,33)34/h8-12,14,19,21,31H,13,15-16H2,1-7H3,(H2,29,30,36). The van der Waals surface area contributed by atoms with E-state index in [2.05, 4.69) is 47.4 Å². The third-order valence-electron chi connectivity index (χ3n) is 5.85. The number of carbonyl (C=O) groups excluding carboxylic acids is 1. The number of nitrogens with one attached hydrogen (secondary N) is 3. The highest BCUT2D eigenvalue weighted by atomic mass is 32.2. The number of esters is 1. The molecule has 37 heavy (non-hydrogen) atoms. The van der Waals surface area contributed by atoms with E-state index >= 15 is 0 Å². The highest BCUT2D eigenvalue weighted by molar-refractivity contribution is 7.92. The Bertz CT molecular complexity index is 1230. The number of rotatable bonds is 10. The van der Waals surface area contributed by atoms with Crippen molar-refractivity contribution < 1.29 is 22.3 Å². The Morgan fingerprint density at radius 1 is 1.11 bits per heavy atom. The Hall–Kier alpha value is -2.72. The van der Waals surface area contributed by atoms with Crippen molar-refractivity contribution in [2.75, 3.05) is 24.1 Å². The average Bonchev–Trinajstić information content (AvgIpc) is 2.77. The lowest BCUT2D eigenvalue weighted by molar-refractivity contribution is -0.154. The van der Waals surface area contributed by atoms with Gasteiger partial charge in [0.1, 0.15) is 5.82 Å². The van der Waals surface area contributed by atoms with E-state index in [4.69, 9.17) is 17.0 Å². The van der Waals surface area contributed by atoms with Gasteiger partial charge in [-0.05, 0) is 94.6 Å². The van der Waals surface area contributed by atoms with Gasteiger partial charge in [0.2, 0.25) is 10.0 Å². The summed E-state index contributed by atoms with van der Waals surface area (Å²) in [4.78, 5) is 12.3. The van der Waals surface area contributed by atoms with Crippen LogP contribution in [-0.2, 0) is 26.0 Å². The van der Waals surface area contributed by atoms with E-state index in [1.54, 1.807) is 6.07 Å². The van der Waals surface area contributed by atoms with Crippen LogP contribution < -0.4 is 15.4 Å². The quantitative estimate of drug-likeness (QED) is 0.289. The molecule has 0 aliphatic carbocycles. The molecule has 2 aromatic rings. The van der Waals surface area contributed by atoms with Gasteiger partial charge in [0.25, 0.3) is 0 Å². The average molecular weight is 552 g/mol. The summed E-state index contributed by atoms with van der Waals surface area (Å²) < 4.78 is 44.9. The first-order valence-electron chi connectivity index (χ1n) is 12.1. The molecule has 10 heteroatoms. The number of ether oxygens (including phenoxy) is 1. The molecule has 0 saturated carbocycles. The molecular weight excluding hydrogens is 513 g/mol. The highest BCUT2D eigenvalue weighted by Crippen LogP contribution is 2.21. The van der Waals surface area contributed by atoms with Gasteiger partial charge in [0.15, 0.2) is 5.11 Å². The van der Waals surface area contributed by atoms with E-state index in [0.29, 0.717) is 23.6 Å². The number of aryl methyl sites for hydroxylation is 2. The predicted molar refractivity (Wildman–Crippen MR) is 151 cm³/mol. The minimum absolute atomic E-state index is 0.0257. The lowest BCUT2D eigenvalue weighted by Crippen LogP contribution is -2.41. The van der Waals surface area contributed by atoms with Crippen molar-refractivity contribution in [1.29, 1.82) is 0 Å². The Morgan fingerprint density at radius 2 is 1.78 bits per heavy atom. The molecule has 0 aliphatic rings. The van der Waals surface area contributed by atoms with Gasteiger partial charge in [-0.1, -0.05) is 24.3 Å². The first kappa shape index (κ1) is 30.5. The van der Waals surface area contributed by atoms with Crippen LogP contribution in [0, 0.1) is 31.0 Å². The number of halogens is 1. The zero-order chi connectivity index (χ0) is 28.0. The fourth-order valence-electron chi connectivity index (χ4n) is 3.52. The van der Waals surface area contributed by atoms with Crippen molar-refractivity contribution in [3.63, 3.8) is 0 Å². The fourth-order valence-corrected chi connectivity index (χ4v) is 4.34. The molecule has 0 spiro atoms. The number of hydrogen-bond donors (Lipinski definition) is 3. The second kappa shape index (κ2) is 12.7. The molecule has 0 fully saturated rings. The van der Waals surface area contributed by atoms with Crippen LogP contribution in [0.2, 0.25) is 0 Å². The van der Waals surface area contributed by atoms with Gasteiger partial charge in [-0.3, -0.25) is 9.52 Å². The van der Waals surface area contributed by atoms with Crippen molar-refractivity contribution in [2.45, 2.75) is 54.0 Å². The Labute approximate surface area is 225 Å². The molecule has 0 radical (unpaired) electrons. The number of hydrogen-bond acceptors (Lipinski definition) is 5. The smallest absolute Gasteiger partial charge is 0.311 e. The van der Waals surface area contributed by atoms with Crippen LogP contribution in [0.15, 0.2) is 36.4 Å². The number of sulfonamides is 1. The minimum atomic E-state index is -3.58. The second-order valence-corrected chi connectivity index (χ2v) is 12.7. The Kier molecular flexibility index (Phi) is 10.5. The molecule has 2 aromatic carbocycles. The van der Waals surface area contributed by atoms with Crippen LogP contribution in [0.1, 0.15) is 56.0 Å². The van der Waals surface area contributed by atoms with Gasteiger partial charge in [-0.25, -0.2) is 12.8 Å². The number of anilines is 1. The highest BCUT2D eigenvalue weighted by Gasteiger charge is 2.24. The van der Waals surface area contributed by atoms with Crippen molar-refractivity contribution in [2.24, 2.45) is 11.3 Å². The second-order valence-electron chi connectivity index (χ2n) is 10.5. The third-order valence-corrected chi connectivity index (χ3v) is 6.70. The largest absolute Gasteiger partial charge is 0.465 e. The Morgan fingerprint density at radius 3 is 2.35 bits per heavy atom. The van der Waals surface area contributed by atoms with Crippen LogP contribution >= 0.6 is 12.2 Å². The molecule has 0 bridgehead atoms. The van der Waals surface area contributed by atoms with E-state index in [-0.39, 0.29) is 30.2 Å². The van der Waals surface area contributed by atoms with Crippen LogP contribution in [0.5, 0.6) is 0 Å². The molecule has 2 atom stereocenters. The number of benzene rings is 2. The molecule has 0 heterocycles. The molecule has 0 amide bonds. The number of thiocarbonyl (C=S) groups is 1. The van der Waals surface area contributed by atoms with Crippen LogP contribution in [0.25, 0.3) is 0 Å². The molecule has 0 aromatic heterocycles. The van der Waals surface area contributed by atoms with Gasteiger partial charge in [0, 0.05) is 12.5 Å². The SMILES string of the molecule is Cc1ccc(CC(CNC(=S)NC(C)c2ccc(NS(C)(=O)=O)c(F)c2)COC(=O)C(C)(C)C)cc1C. The molecule has 2 rings (SSSR count). The van der Waals surface area contributed by atoms with Gasteiger partial charge in [-0.15, -0.1) is 0 Å². The maximum Gasteiger partial charge on any atom is 0.311 e. The summed E-state index contributed by atoms with van der Waals surface area (Å²) in [6.07, 6.45) is 1.66. The summed E-state index contributed by atoms with van der Waals surface area (Å²) in [7, 11) is -3.58. The molecular formula is C27H38FN3O4S2. The minimum Gasteiger partial charge on any atom is -0.465 e. The van der Waals surface area contributed by atoms with Crippen LogP contribution in [-0.4, -0.2) is 38.9 Å². The molecule has 3 N–H and O–H groups in total. The van der Waals surface area contributed by atoms with Gasteiger partial charge >= 0.3 is 5.97 Å². The van der Waals surface area contributed by atoms with Gasteiger partial charge < -0.3 is 15.4 Å². The monoisotopic (exact) mass is 551 g/mol. The zero-order valence-electron chi connectivity index (χ0n) is 22.6. The van der Waals surface area contributed by atoms with Crippen LogP contribution in [0.4, 0.5) is 10.1 Å². The summed E-state index contributed by atoms with van der Waals surface area (Å²) in [5.74, 6) is -0.963. The summed E-state index contributed by atoms with van der Waals surface area (Å²) in [6.45, 7) is 12.1. The Balaban J connectivity index is 2.03. The molecule has 0 aliphatic heterocycles. The van der Waals surface area contributed by atoms with Gasteiger partial charge in [0.05, 0.1) is 30.0 Å². The fraction of sp³-hybridized carbons (Fsp3) is 0.481. The van der Waals surface area contributed by atoms with Gasteiger partial charge in [-0.2, -0.15) is 0 Å². The molecule has 2 unspecified atom stereocenters. The summed E-state index contributed by atoms with van der Waals surface area (Å²) in [5.41, 5.74) is 3.46. The van der Waals surface area contributed by atoms with E-state index < -0.39 is 21.3 Å². The maximum absolute atomic E-state index is 14.4. The van der Waals surface area contributed by atoms with E-state index in [0.717, 1.165) is 11.8 Å². The normalized spacial score (nSPS) is 13.4. The summed E-state index contributed by atoms with van der Waals surface area (Å²) in [6, 6.07) is 10.2. The summed E-state index contributed by atoms with van der Waals surface area (Å²) >= 11 is 5.46. The lowest BCUT2D eigenvalue weighted by atomic mass is 9.96. The molecule has 0 saturated heterocycles. The van der Waals surface area contributed by atoms with Crippen molar-refractivity contribution in [1.82, 2.24) is 10.6 Å². The van der Waals surface area contributed by atoms with Crippen molar-refractivity contribution >= 4 is 39.0 Å². The van der Waals surface area contributed by atoms with E-state index in [1.807, 2.05) is 27.7 Å². The first-order chi connectivity index (χ1) is 17.0. The number of carbonyl (C=O) groups is 1. The van der Waals surface area contributed by atoms with E-state index in [9.17, 15) is 17.6 Å². The predicted octanol–water partition coefficient (Wildman–Crippen LogP) is 4.79. The molecule has 204 valence electrons. The molecule has 7 nitrogen and oxygen atoms in total. The first-order valence-corrected chi connectivity index (χ1v) is 14.4. The van der Waals surface area contributed by atoms with Crippen molar-refractivity contribution in [3.8, 4) is 0 Å². The van der Waals surface area contributed by atoms with Crippen molar-refractivity contribution in [3.05, 3.63) is 64.5 Å². The van der Waals surface area contributed by atoms with E-state index in [1.165, 1.54) is 23.3 Å². The lowest BCUT2D eigenvalue weighted by Gasteiger charge is -2.23. The zero-order valence-corrected chi connectivity index (χ0v) is 24.2. The maximum atomic E-state index is 14.4. The summed E-state index contributed by atoms with van der Waals surface area (Å²) in [5, 5.41) is 6.69.